The second-order valence-electron chi connectivity index (χ2n) is 6.65. The number of halogens is 3. The van der Waals surface area contributed by atoms with Gasteiger partial charge in [-0.3, -0.25) is 4.79 Å². The molecule has 1 aliphatic rings. The van der Waals surface area contributed by atoms with E-state index in [1.165, 1.54) is 6.07 Å². The van der Waals surface area contributed by atoms with Gasteiger partial charge < -0.3 is 10.2 Å². The lowest BCUT2D eigenvalue weighted by atomic mass is 9.94. The van der Waals surface area contributed by atoms with Gasteiger partial charge in [-0.05, 0) is 50.4 Å². The fourth-order valence-electron chi connectivity index (χ4n) is 3.35. The second-order valence-corrected chi connectivity index (χ2v) is 6.65. The molecule has 2 unspecified atom stereocenters. The first kappa shape index (κ1) is 18.8. The summed E-state index contributed by atoms with van der Waals surface area (Å²) in [5, 5.41) is 3.14. The van der Waals surface area contributed by atoms with Gasteiger partial charge in [0.2, 0.25) is 5.91 Å². The lowest BCUT2D eigenvalue weighted by Gasteiger charge is -2.34. The van der Waals surface area contributed by atoms with Crippen molar-refractivity contribution in [3.05, 3.63) is 35.4 Å². The average Bonchev–Trinajstić information content (AvgIpc) is 2.54. The molecule has 3 nitrogen and oxygen atoms in total. The summed E-state index contributed by atoms with van der Waals surface area (Å²) in [7, 11) is 1.90. The van der Waals surface area contributed by atoms with Gasteiger partial charge in [0, 0.05) is 19.0 Å². The van der Waals surface area contributed by atoms with Crippen LogP contribution >= 0.6 is 0 Å². The number of hydrogen-bond acceptors (Lipinski definition) is 2. The SMILES string of the molecule is CNCC1CCCN(C(=O)C(C)Cc2cccc(C(F)(F)F)c2)C1. The molecule has 1 N–H and O–H groups in total. The summed E-state index contributed by atoms with van der Waals surface area (Å²) in [5.74, 6) is 0.170. The van der Waals surface area contributed by atoms with E-state index in [1.54, 1.807) is 13.0 Å². The molecule has 134 valence electrons. The first-order chi connectivity index (χ1) is 11.3. The fourth-order valence-corrected chi connectivity index (χ4v) is 3.35. The number of likely N-dealkylation sites (tertiary alicyclic amines) is 1. The minimum atomic E-state index is -4.35. The largest absolute Gasteiger partial charge is 0.416 e. The highest BCUT2D eigenvalue weighted by Gasteiger charge is 2.31. The van der Waals surface area contributed by atoms with Crippen LogP contribution in [0.2, 0.25) is 0 Å². The van der Waals surface area contributed by atoms with Crippen molar-refractivity contribution < 1.29 is 18.0 Å². The third-order valence-electron chi connectivity index (χ3n) is 4.54. The van der Waals surface area contributed by atoms with Crippen molar-refractivity contribution in [3.63, 3.8) is 0 Å². The summed E-state index contributed by atoms with van der Waals surface area (Å²) in [5.41, 5.74) is -0.110. The van der Waals surface area contributed by atoms with Gasteiger partial charge in [0.25, 0.3) is 0 Å². The van der Waals surface area contributed by atoms with Crippen LogP contribution in [0.5, 0.6) is 0 Å². The van der Waals surface area contributed by atoms with E-state index in [9.17, 15) is 18.0 Å². The minimum Gasteiger partial charge on any atom is -0.342 e. The Hall–Kier alpha value is -1.56. The zero-order chi connectivity index (χ0) is 17.7. The lowest BCUT2D eigenvalue weighted by molar-refractivity contribution is -0.137. The molecule has 0 bridgehead atoms. The van der Waals surface area contributed by atoms with Crippen LogP contribution in [0.3, 0.4) is 0 Å². The van der Waals surface area contributed by atoms with Gasteiger partial charge in [-0.15, -0.1) is 0 Å². The van der Waals surface area contributed by atoms with E-state index in [0.29, 0.717) is 17.9 Å². The molecule has 0 spiro atoms. The molecule has 2 atom stereocenters. The fraction of sp³-hybridized carbons (Fsp3) is 0.611. The molecule has 1 aromatic rings. The monoisotopic (exact) mass is 342 g/mol. The van der Waals surface area contributed by atoms with Crippen LogP contribution in [-0.2, 0) is 17.4 Å². The molecule has 6 heteroatoms. The Morgan fingerprint density at radius 1 is 1.42 bits per heavy atom. The Kier molecular flexibility index (Phi) is 6.27. The van der Waals surface area contributed by atoms with Crippen molar-refractivity contribution >= 4 is 5.91 Å². The number of alkyl halides is 3. The number of hydrogen-bond donors (Lipinski definition) is 1. The quantitative estimate of drug-likeness (QED) is 0.890. The predicted octanol–water partition coefficient (Wildman–Crippen LogP) is 3.34. The van der Waals surface area contributed by atoms with Crippen LogP contribution in [0.25, 0.3) is 0 Å². The number of nitrogens with one attached hydrogen (secondary N) is 1. The highest BCUT2D eigenvalue weighted by Crippen LogP contribution is 2.30. The van der Waals surface area contributed by atoms with E-state index < -0.39 is 11.7 Å². The van der Waals surface area contributed by atoms with Crippen LogP contribution < -0.4 is 5.32 Å². The van der Waals surface area contributed by atoms with Gasteiger partial charge in [-0.1, -0.05) is 25.1 Å². The van der Waals surface area contributed by atoms with E-state index in [1.807, 2.05) is 11.9 Å². The molecule has 0 radical (unpaired) electrons. The summed E-state index contributed by atoms with van der Waals surface area (Å²) in [4.78, 5) is 14.5. The molecule has 1 saturated heterocycles. The zero-order valence-electron chi connectivity index (χ0n) is 14.2. The van der Waals surface area contributed by atoms with E-state index >= 15 is 0 Å². The zero-order valence-corrected chi connectivity index (χ0v) is 14.2. The summed E-state index contributed by atoms with van der Waals surface area (Å²) >= 11 is 0. The van der Waals surface area contributed by atoms with Crippen LogP contribution in [0.1, 0.15) is 30.9 Å². The van der Waals surface area contributed by atoms with Crippen molar-refractivity contribution in [2.75, 3.05) is 26.7 Å². The van der Waals surface area contributed by atoms with Crippen LogP contribution in [0.4, 0.5) is 13.2 Å². The standard InChI is InChI=1S/C18H25F3N2O/c1-13(9-14-5-3-7-16(10-14)18(19,20)21)17(24)23-8-4-6-15(12-23)11-22-2/h3,5,7,10,13,15,22H,4,6,8-9,11-12H2,1-2H3. The number of carbonyl (C=O) groups excluding carboxylic acids is 1. The Balaban J connectivity index is 1.99. The molecule has 24 heavy (non-hydrogen) atoms. The number of rotatable bonds is 5. The maximum Gasteiger partial charge on any atom is 0.416 e. The van der Waals surface area contributed by atoms with Gasteiger partial charge in [0.15, 0.2) is 0 Å². The third-order valence-corrected chi connectivity index (χ3v) is 4.54. The predicted molar refractivity (Wildman–Crippen MR) is 87.5 cm³/mol. The molecule has 0 aromatic heterocycles. The maximum atomic E-state index is 12.8. The van der Waals surface area contributed by atoms with Crippen molar-refractivity contribution in [2.45, 2.75) is 32.4 Å². The van der Waals surface area contributed by atoms with Gasteiger partial charge in [-0.2, -0.15) is 13.2 Å². The summed E-state index contributed by atoms with van der Waals surface area (Å²) in [6.07, 6.45) is -1.94. The molecular weight excluding hydrogens is 317 g/mol. The molecule has 1 fully saturated rings. The van der Waals surface area contributed by atoms with Gasteiger partial charge in [0.1, 0.15) is 0 Å². The molecule has 1 heterocycles. The molecule has 1 amide bonds. The van der Waals surface area contributed by atoms with Crippen LogP contribution in [-0.4, -0.2) is 37.5 Å². The summed E-state index contributed by atoms with van der Waals surface area (Å²) < 4.78 is 38.4. The number of amides is 1. The van der Waals surface area contributed by atoms with Crippen LogP contribution in [0, 0.1) is 11.8 Å². The van der Waals surface area contributed by atoms with E-state index in [-0.39, 0.29) is 11.8 Å². The molecular formula is C18H25F3N2O. The Morgan fingerprint density at radius 3 is 2.83 bits per heavy atom. The first-order valence-corrected chi connectivity index (χ1v) is 8.40. The van der Waals surface area contributed by atoms with E-state index in [2.05, 4.69) is 5.32 Å². The van der Waals surface area contributed by atoms with Crippen LogP contribution in [0.15, 0.2) is 24.3 Å². The van der Waals surface area contributed by atoms with E-state index in [4.69, 9.17) is 0 Å². The number of benzene rings is 1. The Labute approximate surface area is 141 Å². The van der Waals surface area contributed by atoms with Gasteiger partial charge >= 0.3 is 6.18 Å². The topological polar surface area (TPSA) is 32.3 Å². The third kappa shape index (κ3) is 4.97. The number of carbonyl (C=O) groups is 1. The summed E-state index contributed by atoms with van der Waals surface area (Å²) in [6, 6.07) is 5.25. The smallest absolute Gasteiger partial charge is 0.342 e. The van der Waals surface area contributed by atoms with Crippen molar-refractivity contribution in [3.8, 4) is 0 Å². The van der Waals surface area contributed by atoms with E-state index in [0.717, 1.165) is 44.6 Å². The highest BCUT2D eigenvalue weighted by molar-refractivity contribution is 5.79. The van der Waals surface area contributed by atoms with Crippen molar-refractivity contribution in [2.24, 2.45) is 11.8 Å². The van der Waals surface area contributed by atoms with Gasteiger partial charge in [0.05, 0.1) is 5.56 Å². The second kappa shape index (κ2) is 8.01. The average molecular weight is 342 g/mol. The Bertz CT molecular complexity index is 557. The Morgan fingerprint density at radius 2 is 2.17 bits per heavy atom. The molecule has 0 aliphatic carbocycles. The molecule has 1 aliphatic heterocycles. The van der Waals surface area contributed by atoms with Crippen molar-refractivity contribution in [1.82, 2.24) is 10.2 Å². The van der Waals surface area contributed by atoms with Gasteiger partial charge in [-0.25, -0.2) is 0 Å². The number of piperidine rings is 1. The molecule has 2 rings (SSSR count). The maximum absolute atomic E-state index is 12.8. The lowest BCUT2D eigenvalue weighted by Crippen LogP contribution is -2.44. The molecule has 1 aromatic carbocycles. The molecule has 0 saturated carbocycles. The highest BCUT2D eigenvalue weighted by atomic mass is 19.4. The van der Waals surface area contributed by atoms with Crippen molar-refractivity contribution in [1.29, 1.82) is 0 Å². The number of nitrogens with zero attached hydrogens (tertiary/aromatic N) is 1. The summed E-state index contributed by atoms with van der Waals surface area (Å²) in [6.45, 7) is 4.15. The first-order valence-electron chi connectivity index (χ1n) is 8.40. The normalized spacial score (nSPS) is 20.0. The minimum absolute atomic E-state index is 0.0354.